The second-order valence-corrected chi connectivity index (χ2v) is 10.9. The molecule has 2 fully saturated rings. The van der Waals surface area contributed by atoms with Gasteiger partial charge in [-0.3, -0.25) is 4.79 Å². The quantitative estimate of drug-likeness (QED) is 0.255. The van der Waals surface area contributed by atoms with Crippen molar-refractivity contribution in [2.75, 3.05) is 32.7 Å². The molecule has 38 heavy (non-hydrogen) atoms. The molecule has 0 saturated carbocycles. The van der Waals surface area contributed by atoms with Crippen LogP contribution in [0, 0.1) is 23.4 Å². The van der Waals surface area contributed by atoms with E-state index in [0.717, 1.165) is 80.5 Å². The topological polar surface area (TPSA) is 23.6 Å². The van der Waals surface area contributed by atoms with Crippen LogP contribution in [0.2, 0.25) is 0 Å². The monoisotopic (exact) mass is 536 g/mol. The average molecular weight is 537 g/mol. The van der Waals surface area contributed by atoms with E-state index in [0.29, 0.717) is 11.5 Å². The van der Waals surface area contributed by atoms with Crippen molar-refractivity contribution in [3.63, 3.8) is 0 Å². The van der Waals surface area contributed by atoms with Gasteiger partial charge in [0.05, 0.1) is 0 Å². The van der Waals surface area contributed by atoms with Gasteiger partial charge in [-0.15, -0.1) is 0 Å². The summed E-state index contributed by atoms with van der Waals surface area (Å²) in [6, 6.07) is 20.1. The highest BCUT2D eigenvalue weighted by Crippen LogP contribution is 2.31. The Morgan fingerprint density at radius 1 is 0.842 bits per heavy atom. The van der Waals surface area contributed by atoms with Crippen LogP contribution in [0.1, 0.15) is 41.1 Å². The molecule has 7 heteroatoms. The van der Waals surface area contributed by atoms with E-state index in [1.165, 1.54) is 0 Å². The standard InChI is InChI=1S/C27H27F3N2O.C4H4S/c28-24-14-21(15-25(29)26(24)30)19-9-11-31(12-10-19)16-18-8-13-32(17-18)27(33)23-7-3-5-20-4-1-2-6-22(20)23;1-2-4-5-3-1/h1-7,14-15,18-19H,8-13,16-17H2;1-4H. The van der Waals surface area contributed by atoms with Crippen molar-refractivity contribution in [1.82, 2.24) is 9.80 Å². The summed E-state index contributed by atoms with van der Waals surface area (Å²) in [7, 11) is 0. The number of carbonyl (C=O) groups excluding carboxylic acids is 1. The molecule has 3 heterocycles. The van der Waals surface area contributed by atoms with Gasteiger partial charge in [0.1, 0.15) is 0 Å². The Labute approximate surface area is 225 Å². The second kappa shape index (κ2) is 12.1. The number of halogens is 3. The molecule has 0 spiro atoms. The first-order valence-electron chi connectivity index (χ1n) is 13.1. The average Bonchev–Trinajstić information content (AvgIpc) is 3.67. The number of piperidine rings is 1. The molecular weight excluding hydrogens is 505 g/mol. The van der Waals surface area contributed by atoms with Gasteiger partial charge < -0.3 is 9.80 Å². The Morgan fingerprint density at radius 3 is 2.21 bits per heavy atom. The van der Waals surface area contributed by atoms with Crippen molar-refractivity contribution >= 4 is 28.0 Å². The molecule has 2 aliphatic rings. The van der Waals surface area contributed by atoms with Gasteiger partial charge in [0.2, 0.25) is 0 Å². The molecule has 4 aromatic rings. The van der Waals surface area contributed by atoms with Gasteiger partial charge in [-0.1, -0.05) is 48.5 Å². The van der Waals surface area contributed by atoms with E-state index in [1.54, 1.807) is 11.3 Å². The molecule has 2 saturated heterocycles. The first-order chi connectivity index (χ1) is 18.5. The number of thiophene rings is 1. The second-order valence-electron chi connectivity index (χ2n) is 10.1. The Kier molecular flexibility index (Phi) is 8.45. The number of nitrogens with zero attached hydrogens (tertiary/aromatic N) is 2. The van der Waals surface area contributed by atoms with Crippen LogP contribution in [-0.2, 0) is 0 Å². The smallest absolute Gasteiger partial charge is 0.254 e. The number of carbonyl (C=O) groups is 1. The molecule has 6 rings (SSSR count). The van der Waals surface area contributed by atoms with Gasteiger partial charge in [-0.05, 0) is 89.5 Å². The fraction of sp³-hybridized carbons (Fsp3) is 0.323. The van der Waals surface area contributed by atoms with Crippen LogP contribution in [0.5, 0.6) is 0 Å². The number of benzene rings is 3. The van der Waals surface area contributed by atoms with E-state index in [2.05, 4.69) is 4.90 Å². The van der Waals surface area contributed by atoms with Crippen molar-refractivity contribution in [2.45, 2.75) is 25.2 Å². The van der Waals surface area contributed by atoms with Crippen LogP contribution in [0.25, 0.3) is 10.8 Å². The summed E-state index contributed by atoms with van der Waals surface area (Å²) in [4.78, 5) is 17.5. The van der Waals surface area contributed by atoms with Crippen molar-refractivity contribution in [3.05, 3.63) is 106 Å². The molecule has 1 unspecified atom stereocenters. The summed E-state index contributed by atoms with van der Waals surface area (Å²) < 4.78 is 40.4. The molecule has 1 amide bonds. The zero-order chi connectivity index (χ0) is 26.5. The third kappa shape index (κ3) is 6.11. The maximum absolute atomic E-state index is 13.6. The minimum absolute atomic E-state index is 0.0406. The van der Waals surface area contributed by atoms with Gasteiger partial charge in [0.15, 0.2) is 17.5 Å². The zero-order valence-corrected chi connectivity index (χ0v) is 22.0. The van der Waals surface area contributed by atoms with Crippen molar-refractivity contribution in [3.8, 4) is 0 Å². The van der Waals surface area contributed by atoms with Gasteiger partial charge in [0.25, 0.3) is 5.91 Å². The van der Waals surface area contributed by atoms with Crippen LogP contribution in [0.15, 0.2) is 77.5 Å². The predicted octanol–water partition coefficient (Wildman–Crippen LogP) is 7.35. The minimum Gasteiger partial charge on any atom is -0.338 e. The summed E-state index contributed by atoms with van der Waals surface area (Å²) in [5.41, 5.74) is 1.30. The Balaban J connectivity index is 0.000000529. The molecular formula is C31H31F3N2OS. The van der Waals surface area contributed by atoms with Gasteiger partial charge in [0, 0.05) is 25.2 Å². The van der Waals surface area contributed by atoms with Crippen LogP contribution in [0.3, 0.4) is 0 Å². The van der Waals surface area contributed by atoms with E-state index in [-0.39, 0.29) is 11.8 Å². The first-order valence-corrected chi connectivity index (χ1v) is 14.0. The fourth-order valence-electron chi connectivity index (χ4n) is 5.60. The van der Waals surface area contributed by atoms with E-state index >= 15 is 0 Å². The Bertz CT molecular complexity index is 1320. The number of likely N-dealkylation sites (tertiary alicyclic amines) is 2. The normalized spacial score (nSPS) is 18.4. The van der Waals surface area contributed by atoms with E-state index in [1.807, 2.05) is 70.3 Å². The van der Waals surface area contributed by atoms with Crippen LogP contribution in [-0.4, -0.2) is 48.4 Å². The van der Waals surface area contributed by atoms with Crippen molar-refractivity contribution in [2.24, 2.45) is 5.92 Å². The maximum Gasteiger partial charge on any atom is 0.254 e. The third-order valence-corrected chi connectivity index (χ3v) is 8.23. The van der Waals surface area contributed by atoms with E-state index in [9.17, 15) is 18.0 Å². The highest BCUT2D eigenvalue weighted by Gasteiger charge is 2.30. The molecule has 0 bridgehead atoms. The van der Waals surface area contributed by atoms with Crippen LogP contribution < -0.4 is 0 Å². The van der Waals surface area contributed by atoms with Gasteiger partial charge >= 0.3 is 0 Å². The number of amides is 1. The van der Waals surface area contributed by atoms with Crippen molar-refractivity contribution < 1.29 is 18.0 Å². The Hall–Kier alpha value is -3.16. The summed E-state index contributed by atoms with van der Waals surface area (Å²) in [6.07, 6.45) is 2.55. The summed E-state index contributed by atoms with van der Waals surface area (Å²) >= 11 is 1.71. The number of hydrogen-bond acceptors (Lipinski definition) is 3. The molecule has 2 aliphatic heterocycles. The highest BCUT2D eigenvalue weighted by atomic mass is 32.1. The lowest BCUT2D eigenvalue weighted by molar-refractivity contribution is 0.0784. The third-order valence-electron chi connectivity index (χ3n) is 7.60. The lowest BCUT2D eigenvalue weighted by Gasteiger charge is -2.33. The van der Waals surface area contributed by atoms with Crippen LogP contribution in [0.4, 0.5) is 13.2 Å². The van der Waals surface area contributed by atoms with Gasteiger partial charge in [-0.2, -0.15) is 11.3 Å². The molecule has 3 aromatic carbocycles. The molecule has 198 valence electrons. The molecule has 1 aromatic heterocycles. The lowest BCUT2D eigenvalue weighted by atomic mass is 9.89. The first kappa shape index (κ1) is 26.4. The minimum atomic E-state index is -1.40. The SMILES string of the molecule is O=C(c1cccc2ccccc12)N1CCC(CN2CCC(c3cc(F)c(F)c(F)c3)CC2)C1.c1ccsc1. The zero-order valence-electron chi connectivity index (χ0n) is 21.2. The maximum atomic E-state index is 13.6. The lowest BCUT2D eigenvalue weighted by Crippen LogP contribution is -2.38. The number of rotatable bonds is 4. The van der Waals surface area contributed by atoms with Crippen LogP contribution >= 0.6 is 11.3 Å². The summed E-state index contributed by atoms with van der Waals surface area (Å²) in [5.74, 6) is -3.09. The molecule has 0 N–H and O–H groups in total. The molecule has 1 atom stereocenters. The van der Waals surface area contributed by atoms with Crippen molar-refractivity contribution in [1.29, 1.82) is 0 Å². The summed E-state index contributed by atoms with van der Waals surface area (Å²) in [5, 5.41) is 6.15. The number of fused-ring (bicyclic) bond motifs is 1. The van der Waals surface area contributed by atoms with E-state index < -0.39 is 17.5 Å². The van der Waals surface area contributed by atoms with E-state index in [4.69, 9.17) is 0 Å². The molecule has 3 nitrogen and oxygen atoms in total. The fourth-order valence-corrected chi connectivity index (χ4v) is 6.05. The Morgan fingerprint density at radius 2 is 1.53 bits per heavy atom. The number of hydrogen-bond donors (Lipinski definition) is 0. The summed E-state index contributed by atoms with van der Waals surface area (Å²) in [6.45, 7) is 4.09. The largest absolute Gasteiger partial charge is 0.338 e. The molecule has 0 radical (unpaired) electrons. The highest BCUT2D eigenvalue weighted by molar-refractivity contribution is 7.07. The predicted molar refractivity (Wildman–Crippen MR) is 147 cm³/mol. The molecule has 0 aliphatic carbocycles. The van der Waals surface area contributed by atoms with Gasteiger partial charge in [-0.25, -0.2) is 13.2 Å².